The Labute approximate surface area is 122 Å². The standard InChI is InChI=1S/C16H29NOS/c1-15(2,3)14-8-7-13(19-14)11-17-12-16(4,5)9-10-18-6/h7-8,17H,9-12H2,1-6H3. The Morgan fingerprint density at radius 2 is 1.84 bits per heavy atom. The fourth-order valence-corrected chi connectivity index (χ4v) is 2.90. The van der Waals surface area contributed by atoms with E-state index in [0.717, 1.165) is 26.1 Å². The van der Waals surface area contributed by atoms with Gasteiger partial charge in [-0.1, -0.05) is 34.6 Å². The van der Waals surface area contributed by atoms with E-state index in [1.807, 2.05) is 11.3 Å². The molecule has 0 fully saturated rings. The minimum absolute atomic E-state index is 0.265. The van der Waals surface area contributed by atoms with Crippen molar-refractivity contribution in [3.63, 3.8) is 0 Å². The van der Waals surface area contributed by atoms with Gasteiger partial charge in [-0.2, -0.15) is 0 Å². The van der Waals surface area contributed by atoms with Crippen LogP contribution in [0, 0.1) is 5.41 Å². The fourth-order valence-electron chi connectivity index (χ4n) is 1.87. The van der Waals surface area contributed by atoms with Crippen molar-refractivity contribution in [3.8, 4) is 0 Å². The van der Waals surface area contributed by atoms with E-state index in [0.29, 0.717) is 5.41 Å². The monoisotopic (exact) mass is 283 g/mol. The predicted octanol–water partition coefficient (Wildman–Crippen LogP) is 4.20. The van der Waals surface area contributed by atoms with Crippen LogP contribution in [0.5, 0.6) is 0 Å². The quantitative estimate of drug-likeness (QED) is 0.810. The molecule has 0 aliphatic carbocycles. The first-order chi connectivity index (χ1) is 8.74. The number of ether oxygens (including phenoxy) is 1. The van der Waals surface area contributed by atoms with Crippen LogP contribution < -0.4 is 5.32 Å². The molecular weight excluding hydrogens is 254 g/mol. The van der Waals surface area contributed by atoms with Crippen LogP contribution in [0.2, 0.25) is 0 Å². The maximum atomic E-state index is 5.16. The summed E-state index contributed by atoms with van der Waals surface area (Å²) in [5.74, 6) is 0. The van der Waals surface area contributed by atoms with Gasteiger partial charge in [0.2, 0.25) is 0 Å². The number of hydrogen-bond donors (Lipinski definition) is 1. The molecule has 0 aliphatic heterocycles. The van der Waals surface area contributed by atoms with Crippen LogP contribution in [0.3, 0.4) is 0 Å². The molecule has 2 nitrogen and oxygen atoms in total. The molecule has 0 bridgehead atoms. The lowest BCUT2D eigenvalue weighted by atomic mass is 9.90. The lowest BCUT2D eigenvalue weighted by Gasteiger charge is -2.24. The summed E-state index contributed by atoms with van der Waals surface area (Å²) in [6.07, 6.45) is 1.09. The molecule has 0 spiro atoms. The van der Waals surface area contributed by atoms with E-state index >= 15 is 0 Å². The Morgan fingerprint density at radius 3 is 2.37 bits per heavy atom. The Kier molecular flexibility index (Phi) is 6.03. The van der Waals surface area contributed by atoms with Crippen LogP contribution in [0.15, 0.2) is 12.1 Å². The van der Waals surface area contributed by atoms with Crippen LogP contribution in [0.25, 0.3) is 0 Å². The maximum Gasteiger partial charge on any atom is 0.0467 e. The Bertz CT molecular complexity index is 376. The van der Waals surface area contributed by atoms with Crippen LogP contribution in [0.1, 0.15) is 50.8 Å². The summed E-state index contributed by atoms with van der Waals surface area (Å²) in [5.41, 5.74) is 0.556. The van der Waals surface area contributed by atoms with Gasteiger partial charge in [0.05, 0.1) is 0 Å². The van der Waals surface area contributed by atoms with Crippen LogP contribution in [0.4, 0.5) is 0 Å². The number of nitrogens with one attached hydrogen (secondary N) is 1. The molecule has 1 rings (SSSR count). The molecule has 0 atom stereocenters. The van der Waals surface area contributed by atoms with Crippen molar-refractivity contribution >= 4 is 11.3 Å². The fraction of sp³-hybridized carbons (Fsp3) is 0.750. The van der Waals surface area contributed by atoms with E-state index in [4.69, 9.17) is 4.74 Å². The zero-order valence-electron chi connectivity index (χ0n) is 13.3. The van der Waals surface area contributed by atoms with Crippen LogP contribution in [-0.2, 0) is 16.7 Å². The second-order valence-electron chi connectivity index (χ2n) is 7.03. The van der Waals surface area contributed by atoms with E-state index in [9.17, 15) is 0 Å². The average molecular weight is 283 g/mol. The first kappa shape index (κ1) is 16.7. The second-order valence-corrected chi connectivity index (χ2v) is 8.19. The molecule has 0 amide bonds. The first-order valence-electron chi connectivity index (χ1n) is 7.03. The minimum atomic E-state index is 0.265. The number of thiophene rings is 1. The summed E-state index contributed by atoms with van der Waals surface area (Å²) < 4.78 is 5.16. The normalized spacial score (nSPS) is 12.9. The highest BCUT2D eigenvalue weighted by molar-refractivity contribution is 7.12. The smallest absolute Gasteiger partial charge is 0.0467 e. The lowest BCUT2D eigenvalue weighted by molar-refractivity contribution is 0.150. The van der Waals surface area contributed by atoms with Crippen molar-refractivity contribution in [1.29, 1.82) is 0 Å². The zero-order valence-corrected chi connectivity index (χ0v) is 14.1. The van der Waals surface area contributed by atoms with Gasteiger partial charge in [0.1, 0.15) is 0 Å². The molecule has 0 aliphatic rings. The molecular formula is C16H29NOS. The first-order valence-corrected chi connectivity index (χ1v) is 7.85. The predicted molar refractivity (Wildman–Crippen MR) is 85.0 cm³/mol. The summed E-state index contributed by atoms with van der Waals surface area (Å²) in [7, 11) is 1.77. The van der Waals surface area contributed by atoms with Crippen LogP contribution >= 0.6 is 11.3 Å². The number of hydrogen-bond acceptors (Lipinski definition) is 3. The van der Waals surface area contributed by atoms with Gasteiger partial charge in [-0.25, -0.2) is 0 Å². The summed E-state index contributed by atoms with van der Waals surface area (Å²) in [5, 5.41) is 3.57. The van der Waals surface area contributed by atoms with Crippen molar-refractivity contribution in [1.82, 2.24) is 5.32 Å². The molecule has 1 N–H and O–H groups in total. The topological polar surface area (TPSA) is 21.3 Å². The molecule has 19 heavy (non-hydrogen) atoms. The average Bonchev–Trinajstić information content (AvgIpc) is 2.74. The van der Waals surface area contributed by atoms with E-state index in [1.54, 1.807) is 7.11 Å². The third-order valence-electron chi connectivity index (χ3n) is 3.29. The molecule has 110 valence electrons. The zero-order chi connectivity index (χ0) is 14.5. The van der Waals surface area contributed by atoms with Gasteiger partial charge in [-0.15, -0.1) is 11.3 Å². The van der Waals surface area contributed by atoms with Crippen molar-refractivity contribution in [3.05, 3.63) is 21.9 Å². The molecule has 0 unspecified atom stereocenters. The van der Waals surface area contributed by atoms with Gasteiger partial charge >= 0.3 is 0 Å². The summed E-state index contributed by atoms with van der Waals surface area (Å²) in [6.45, 7) is 14.2. The van der Waals surface area contributed by atoms with Gasteiger partial charge in [-0.3, -0.25) is 0 Å². The highest BCUT2D eigenvalue weighted by Gasteiger charge is 2.18. The molecule has 0 saturated heterocycles. The van der Waals surface area contributed by atoms with E-state index in [1.165, 1.54) is 9.75 Å². The van der Waals surface area contributed by atoms with Gasteiger partial charge in [-0.05, 0) is 29.4 Å². The molecule has 3 heteroatoms. The van der Waals surface area contributed by atoms with Gasteiger partial charge in [0, 0.05) is 36.6 Å². The van der Waals surface area contributed by atoms with Crippen molar-refractivity contribution < 1.29 is 4.74 Å². The molecule has 0 radical (unpaired) electrons. The number of methoxy groups -OCH3 is 1. The third kappa shape index (κ3) is 6.07. The molecule has 0 saturated carbocycles. The van der Waals surface area contributed by atoms with E-state index in [-0.39, 0.29) is 5.41 Å². The van der Waals surface area contributed by atoms with Gasteiger partial charge in [0.25, 0.3) is 0 Å². The lowest BCUT2D eigenvalue weighted by Crippen LogP contribution is -2.29. The largest absolute Gasteiger partial charge is 0.385 e. The third-order valence-corrected chi connectivity index (χ3v) is 4.80. The van der Waals surface area contributed by atoms with Crippen molar-refractivity contribution in [2.45, 2.75) is 53.0 Å². The van der Waals surface area contributed by atoms with Crippen molar-refractivity contribution in [2.24, 2.45) is 5.41 Å². The SMILES string of the molecule is COCCC(C)(C)CNCc1ccc(C(C)(C)C)s1. The second kappa shape index (κ2) is 6.87. The summed E-state index contributed by atoms with van der Waals surface area (Å²) >= 11 is 1.92. The van der Waals surface area contributed by atoms with Gasteiger partial charge < -0.3 is 10.1 Å². The van der Waals surface area contributed by atoms with Crippen LogP contribution in [-0.4, -0.2) is 20.3 Å². The van der Waals surface area contributed by atoms with E-state index in [2.05, 4.69) is 52.1 Å². The highest BCUT2D eigenvalue weighted by Crippen LogP contribution is 2.29. The summed E-state index contributed by atoms with van der Waals surface area (Å²) in [6, 6.07) is 4.51. The molecule has 0 aromatic carbocycles. The number of rotatable bonds is 7. The Hall–Kier alpha value is -0.380. The highest BCUT2D eigenvalue weighted by atomic mass is 32.1. The maximum absolute atomic E-state index is 5.16. The molecule has 1 heterocycles. The molecule has 1 aromatic heterocycles. The van der Waals surface area contributed by atoms with E-state index < -0.39 is 0 Å². The Balaban J connectivity index is 2.39. The van der Waals surface area contributed by atoms with Crippen molar-refractivity contribution in [2.75, 3.05) is 20.3 Å². The minimum Gasteiger partial charge on any atom is -0.385 e. The molecule has 1 aromatic rings. The Morgan fingerprint density at radius 1 is 1.16 bits per heavy atom. The summed E-state index contributed by atoms with van der Waals surface area (Å²) in [4.78, 5) is 2.88. The van der Waals surface area contributed by atoms with Gasteiger partial charge in [0.15, 0.2) is 0 Å².